The number of hydrogen-bond acceptors (Lipinski definition) is 1. The molecule has 0 spiro atoms. The van der Waals surface area contributed by atoms with Gasteiger partial charge in [0.1, 0.15) is 0 Å². The Morgan fingerprint density at radius 3 is 2.94 bits per heavy atom. The Bertz CT molecular complexity index is 398. The third-order valence-corrected chi connectivity index (χ3v) is 3.44. The maximum absolute atomic E-state index is 6.24. The molecule has 92 valence electrons. The molecule has 0 aliphatic heterocycles. The Balaban J connectivity index is 2.81. The van der Waals surface area contributed by atoms with Gasteiger partial charge in [-0.3, -0.25) is 0 Å². The van der Waals surface area contributed by atoms with Gasteiger partial charge in [0.2, 0.25) is 0 Å². The molecule has 17 heavy (non-hydrogen) atoms. The van der Waals surface area contributed by atoms with Crippen molar-refractivity contribution in [1.29, 1.82) is 0 Å². The summed E-state index contributed by atoms with van der Waals surface area (Å²) in [5, 5.41) is 4.26. The van der Waals surface area contributed by atoms with Crippen LogP contribution in [0.4, 0.5) is 0 Å². The molecule has 0 saturated heterocycles. The predicted octanol–water partition coefficient (Wildman–Crippen LogP) is 4.56. The molecule has 1 aromatic rings. The molecule has 0 radical (unpaired) electrons. The van der Waals surface area contributed by atoms with Crippen molar-refractivity contribution in [1.82, 2.24) is 5.32 Å². The van der Waals surface area contributed by atoms with Gasteiger partial charge in [-0.05, 0) is 43.1 Å². The highest BCUT2D eigenvalue weighted by atomic mass is 79.9. The van der Waals surface area contributed by atoms with Crippen molar-refractivity contribution in [2.24, 2.45) is 0 Å². The van der Waals surface area contributed by atoms with E-state index in [0.29, 0.717) is 0 Å². The van der Waals surface area contributed by atoms with E-state index in [-0.39, 0.29) is 6.04 Å². The second-order valence-electron chi connectivity index (χ2n) is 3.87. The van der Waals surface area contributed by atoms with E-state index in [4.69, 9.17) is 18.0 Å². The summed E-state index contributed by atoms with van der Waals surface area (Å²) in [5.74, 6) is 2.67. The van der Waals surface area contributed by atoms with Gasteiger partial charge in [0.15, 0.2) is 0 Å². The quantitative estimate of drug-likeness (QED) is 0.599. The average molecular weight is 315 g/mol. The maximum atomic E-state index is 6.24. The fourth-order valence-electron chi connectivity index (χ4n) is 1.80. The van der Waals surface area contributed by atoms with Crippen LogP contribution in [0.5, 0.6) is 0 Å². The summed E-state index contributed by atoms with van der Waals surface area (Å²) in [6, 6.07) is 6.23. The van der Waals surface area contributed by atoms with Crippen LogP contribution < -0.4 is 5.32 Å². The zero-order valence-corrected chi connectivity index (χ0v) is 12.3. The highest BCUT2D eigenvalue weighted by molar-refractivity contribution is 9.10. The van der Waals surface area contributed by atoms with E-state index in [0.717, 1.165) is 40.9 Å². The maximum Gasteiger partial charge on any atom is 0.0454 e. The van der Waals surface area contributed by atoms with Gasteiger partial charge >= 0.3 is 0 Å². The van der Waals surface area contributed by atoms with Gasteiger partial charge in [-0.2, -0.15) is 0 Å². The van der Waals surface area contributed by atoms with E-state index in [1.54, 1.807) is 0 Å². The second kappa shape index (κ2) is 7.76. The Labute approximate surface area is 117 Å². The van der Waals surface area contributed by atoms with Crippen molar-refractivity contribution in [2.75, 3.05) is 6.54 Å². The molecule has 0 aliphatic rings. The van der Waals surface area contributed by atoms with E-state index in [2.05, 4.69) is 40.2 Å². The molecule has 0 amide bonds. The summed E-state index contributed by atoms with van der Waals surface area (Å²) < 4.78 is 1.05. The zero-order chi connectivity index (χ0) is 12.7. The SMILES string of the molecule is C#CCCCC(NCC)c1cc(Br)ccc1Cl. The molecule has 3 heteroatoms. The molecule has 0 bridgehead atoms. The number of terminal acetylenes is 1. The standard InChI is InChI=1S/C14H17BrClN/c1-3-5-6-7-14(17-4-2)12-10-11(15)8-9-13(12)16/h1,8-10,14,17H,4-7H2,2H3. The molecule has 1 N–H and O–H groups in total. The summed E-state index contributed by atoms with van der Waals surface area (Å²) in [5.41, 5.74) is 1.14. The lowest BCUT2D eigenvalue weighted by molar-refractivity contribution is 0.502. The molecule has 1 nitrogen and oxygen atoms in total. The van der Waals surface area contributed by atoms with E-state index < -0.39 is 0 Å². The molecular formula is C14H17BrClN. The van der Waals surface area contributed by atoms with Gasteiger partial charge in [-0.1, -0.05) is 34.5 Å². The Morgan fingerprint density at radius 2 is 2.29 bits per heavy atom. The summed E-state index contributed by atoms with van der Waals surface area (Å²) in [6.07, 6.45) is 8.11. The molecule has 1 unspecified atom stereocenters. The first-order valence-corrected chi connectivity index (χ1v) is 6.98. The van der Waals surface area contributed by atoms with Crippen LogP contribution >= 0.6 is 27.5 Å². The van der Waals surface area contributed by atoms with Crippen LogP contribution in [0, 0.1) is 12.3 Å². The molecular weight excluding hydrogens is 298 g/mol. The van der Waals surface area contributed by atoms with Gasteiger partial charge in [-0.15, -0.1) is 12.3 Å². The Kier molecular flexibility index (Phi) is 6.65. The van der Waals surface area contributed by atoms with Crippen LogP contribution in [-0.2, 0) is 0 Å². The van der Waals surface area contributed by atoms with Gasteiger partial charge in [0.05, 0.1) is 0 Å². The molecule has 0 aromatic heterocycles. The minimum atomic E-state index is 0.276. The van der Waals surface area contributed by atoms with Crippen molar-refractivity contribution in [3.63, 3.8) is 0 Å². The van der Waals surface area contributed by atoms with Crippen LogP contribution in [0.15, 0.2) is 22.7 Å². The number of hydrogen-bond donors (Lipinski definition) is 1. The molecule has 1 atom stereocenters. The van der Waals surface area contributed by atoms with Crippen LogP contribution in [0.2, 0.25) is 5.02 Å². The lowest BCUT2D eigenvalue weighted by atomic mass is 10.0. The lowest BCUT2D eigenvalue weighted by Gasteiger charge is -2.19. The number of benzene rings is 1. The first-order valence-electron chi connectivity index (χ1n) is 5.80. The number of rotatable bonds is 6. The fourth-order valence-corrected chi connectivity index (χ4v) is 2.43. The van der Waals surface area contributed by atoms with Crippen molar-refractivity contribution >= 4 is 27.5 Å². The largest absolute Gasteiger partial charge is 0.310 e. The summed E-state index contributed by atoms with van der Waals surface area (Å²) in [7, 11) is 0. The predicted molar refractivity (Wildman–Crippen MR) is 78.3 cm³/mol. The fraction of sp³-hybridized carbons (Fsp3) is 0.429. The van der Waals surface area contributed by atoms with Crippen molar-refractivity contribution in [3.05, 3.63) is 33.3 Å². The number of unbranched alkanes of at least 4 members (excludes halogenated alkanes) is 1. The molecule has 0 saturated carbocycles. The Morgan fingerprint density at radius 1 is 1.53 bits per heavy atom. The summed E-state index contributed by atoms with van der Waals surface area (Å²) in [4.78, 5) is 0. The van der Waals surface area contributed by atoms with E-state index in [1.165, 1.54) is 0 Å². The molecule has 0 heterocycles. The highest BCUT2D eigenvalue weighted by Gasteiger charge is 2.13. The van der Waals surface area contributed by atoms with E-state index in [9.17, 15) is 0 Å². The van der Waals surface area contributed by atoms with E-state index >= 15 is 0 Å². The van der Waals surface area contributed by atoms with Crippen molar-refractivity contribution in [3.8, 4) is 12.3 Å². The molecule has 0 aliphatic carbocycles. The lowest BCUT2D eigenvalue weighted by Crippen LogP contribution is -2.21. The van der Waals surface area contributed by atoms with Gasteiger partial charge in [0.25, 0.3) is 0 Å². The first-order chi connectivity index (χ1) is 8.19. The van der Waals surface area contributed by atoms with Crippen LogP contribution in [0.3, 0.4) is 0 Å². The normalized spacial score (nSPS) is 12.1. The van der Waals surface area contributed by atoms with Gasteiger partial charge in [0, 0.05) is 22.0 Å². The molecule has 1 aromatic carbocycles. The molecule has 1 rings (SSSR count). The van der Waals surface area contributed by atoms with Crippen LogP contribution in [-0.4, -0.2) is 6.54 Å². The minimum Gasteiger partial charge on any atom is -0.310 e. The average Bonchev–Trinajstić information content (AvgIpc) is 2.32. The van der Waals surface area contributed by atoms with Crippen LogP contribution in [0.1, 0.15) is 37.8 Å². The Hall–Kier alpha value is -0.490. The number of halogens is 2. The van der Waals surface area contributed by atoms with E-state index in [1.807, 2.05) is 12.1 Å². The topological polar surface area (TPSA) is 12.0 Å². The van der Waals surface area contributed by atoms with Crippen LogP contribution in [0.25, 0.3) is 0 Å². The van der Waals surface area contributed by atoms with Gasteiger partial charge < -0.3 is 5.32 Å². The van der Waals surface area contributed by atoms with Crippen molar-refractivity contribution < 1.29 is 0 Å². The smallest absolute Gasteiger partial charge is 0.0454 e. The number of nitrogens with one attached hydrogen (secondary N) is 1. The first kappa shape index (κ1) is 14.6. The zero-order valence-electron chi connectivity index (χ0n) is 9.97. The summed E-state index contributed by atoms with van der Waals surface area (Å²) >= 11 is 9.72. The van der Waals surface area contributed by atoms with Crippen molar-refractivity contribution in [2.45, 2.75) is 32.2 Å². The minimum absolute atomic E-state index is 0.276. The monoisotopic (exact) mass is 313 g/mol. The third kappa shape index (κ3) is 4.71. The molecule has 0 fully saturated rings. The summed E-state index contributed by atoms with van der Waals surface area (Å²) in [6.45, 7) is 3.02. The third-order valence-electron chi connectivity index (χ3n) is 2.60. The second-order valence-corrected chi connectivity index (χ2v) is 5.20. The van der Waals surface area contributed by atoms with Gasteiger partial charge in [-0.25, -0.2) is 0 Å². The highest BCUT2D eigenvalue weighted by Crippen LogP contribution is 2.29.